The van der Waals surface area contributed by atoms with Crippen molar-refractivity contribution in [1.29, 1.82) is 0 Å². The van der Waals surface area contributed by atoms with E-state index in [9.17, 15) is 19.5 Å². The molecule has 0 aliphatic rings. The Morgan fingerprint density at radius 3 is 2.39 bits per heavy atom. The van der Waals surface area contributed by atoms with E-state index >= 15 is 0 Å². The van der Waals surface area contributed by atoms with Crippen LogP contribution in [0.1, 0.15) is 11.6 Å². The number of aromatic nitrogens is 2. The normalized spacial score (nSPS) is 11.6. The fourth-order valence-electron chi connectivity index (χ4n) is 2.65. The molecule has 2 aromatic carbocycles. The van der Waals surface area contributed by atoms with E-state index in [1.807, 2.05) is 0 Å². The number of halogens is 1. The van der Waals surface area contributed by atoms with Crippen LogP contribution in [-0.2, 0) is 16.1 Å². The maximum atomic E-state index is 12.4. The summed E-state index contributed by atoms with van der Waals surface area (Å²) in [5.41, 5.74) is 0.980. The molecule has 0 radical (unpaired) electrons. The molecular weight excluding hydrogens is 382 g/mol. The molecule has 3 rings (SSSR count). The minimum Gasteiger partial charge on any atom is -0.479 e. The summed E-state index contributed by atoms with van der Waals surface area (Å²) in [6.45, 7) is -0.423. The summed E-state index contributed by atoms with van der Waals surface area (Å²) in [7, 11) is 0. The SMILES string of the molecule is O=C(Cn1nc(-c2ccccc2Cl)ccc1=O)N[C@H](C(=O)O)c1ccccc1. The smallest absolute Gasteiger partial charge is 0.330 e. The van der Waals surface area contributed by atoms with Gasteiger partial charge in [0.15, 0.2) is 6.04 Å². The lowest BCUT2D eigenvalue weighted by atomic mass is 10.1. The zero-order valence-electron chi connectivity index (χ0n) is 14.6. The van der Waals surface area contributed by atoms with Gasteiger partial charge in [0.05, 0.1) is 10.7 Å². The highest BCUT2D eigenvalue weighted by molar-refractivity contribution is 6.33. The van der Waals surface area contributed by atoms with Crippen molar-refractivity contribution in [3.63, 3.8) is 0 Å². The second-order valence-electron chi connectivity index (χ2n) is 5.94. The van der Waals surface area contributed by atoms with Gasteiger partial charge in [0.2, 0.25) is 5.91 Å². The van der Waals surface area contributed by atoms with E-state index in [4.69, 9.17) is 11.6 Å². The topological polar surface area (TPSA) is 101 Å². The van der Waals surface area contributed by atoms with E-state index in [1.54, 1.807) is 54.6 Å². The summed E-state index contributed by atoms with van der Waals surface area (Å²) in [4.78, 5) is 36.0. The highest BCUT2D eigenvalue weighted by Gasteiger charge is 2.22. The fraction of sp³-hybridized carbons (Fsp3) is 0.100. The number of rotatable bonds is 6. The van der Waals surface area contributed by atoms with E-state index in [0.717, 1.165) is 4.68 Å². The number of amides is 1. The highest BCUT2D eigenvalue weighted by Crippen LogP contribution is 2.24. The van der Waals surface area contributed by atoms with E-state index < -0.39 is 30.0 Å². The number of nitrogens with one attached hydrogen (secondary N) is 1. The first-order chi connectivity index (χ1) is 13.5. The van der Waals surface area contributed by atoms with Crippen LogP contribution in [0.4, 0.5) is 0 Å². The molecule has 0 unspecified atom stereocenters. The standard InChI is InChI=1S/C20H16ClN3O4/c21-15-9-5-4-8-14(15)16-10-11-18(26)24(23-16)12-17(25)22-19(20(27)28)13-6-2-1-3-7-13/h1-11,19H,12H2,(H,22,25)(H,27,28)/t19-/m0/s1. The molecule has 0 fully saturated rings. The van der Waals surface area contributed by atoms with E-state index in [-0.39, 0.29) is 0 Å². The van der Waals surface area contributed by atoms with Crippen molar-refractivity contribution in [2.75, 3.05) is 0 Å². The molecule has 0 saturated heterocycles. The van der Waals surface area contributed by atoms with E-state index in [0.29, 0.717) is 21.8 Å². The third-order valence-corrected chi connectivity index (χ3v) is 4.32. The number of benzene rings is 2. The second kappa shape index (κ2) is 8.49. The molecule has 1 heterocycles. The quantitative estimate of drug-likeness (QED) is 0.665. The summed E-state index contributed by atoms with van der Waals surface area (Å²) in [5.74, 6) is -1.85. The Morgan fingerprint density at radius 1 is 1.04 bits per heavy atom. The van der Waals surface area contributed by atoms with Crippen LogP contribution in [0.5, 0.6) is 0 Å². The summed E-state index contributed by atoms with van der Waals surface area (Å²) < 4.78 is 0.970. The van der Waals surface area contributed by atoms with Crippen LogP contribution in [0, 0.1) is 0 Å². The maximum Gasteiger partial charge on any atom is 0.330 e. The lowest BCUT2D eigenvalue weighted by Gasteiger charge is -2.15. The minimum atomic E-state index is -1.23. The number of hydrogen-bond acceptors (Lipinski definition) is 4. The molecule has 8 heteroatoms. The largest absolute Gasteiger partial charge is 0.479 e. The molecule has 1 atom stereocenters. The highest BCUT2D eigenvalue weighted by atomic mass is 35.5. The number of hydrogen-bond donors (Lipinski definition) is 2. The molecule has 28 heavy (non-hydrogen) atoms. The molecule has 0 aliphatic heterocycles. The van der Waals surface area contributed by atoms with Crippen molar-refractivity contribution in [3.8, 4) is 11.3 Å². The number of carbonyl (C=O) groups is 2. The van der Waals surface area contributed by atoms with Crippen molar-refractivity contribution in [1.82, 2.24) is 15.1 Å². The Morgan fingerprint density at radius 2 is 1.71 bits per heavy atom. The van der Waals surface area contributed by atoms with Gasteiger partial charge in [-0.1, -0.05) is 60.1 Å². The van der Waals surface area contributed by atoms with Crippen LogP contribution in [0.3, 0.4) is 0 Å². The van der Waals surface area contributed by atoms with E-state index in [1.165, 1.54) is 12.1 Å². The van der Waals surface area contributed by atoms with Gasteiger partial charge in [-0.2, -0.15) is 5.10 Å². The Balaban J connectivity index is 1.82. The first-order valence-electron chi connectivity index (χ1n) is 8.36. The molecule has 0 aliphatic carbocycles. The van der Waals surface area contributed by atoms with Crippen LogP contribution in [0.25, 0.3) is 11.3 Å². The Labute approximate surface area is 165 Å². The lowest BCUT2D eigenvalue weighted by Crippen LogP contribution is -2.38. The molecule has 0 spiro atoms. The summed E-state index contributed by atoms with van der Waals surface area (Å²) in [6, 6.07) is 16.9. The van der Waals surface area contributed by atoms with Gasteiger partial charge in [0.25, 0.3) is 5.56 Å². The Hall–Kier alpha value is -3.45. The number of carboxylic acids is 1. The van der Waals surface area contributed by atoms with Crippen LogP contribution in [0.2, 0.25) is 5.02 Å². The van der Waals surface area contributed by atoms with Gasteiger partial charge in [0, 0.05) is 11.6 Å². The molecule has 3 aromatic rings. The maximum absolute atomic E-state index is 12.4. The predicted octanol–water partition coefficient (Wildman–Crippen LogP) is 2.51. The van der Waals surface area contributed by atoms with Crippen molar-refractivity contribution in [2.45, 2.75) is 12.6 Å². The van der Waals surface area contributed by atoms with Crippen LogP contribution in [-0.4, -0.2) is 26.8 Å². The van der Waals surface area contributed by atoms with Crippen molar-refractivity contribution in [3.05, 3.63) is 87.7 Å². The van der Waals surface area contributed by atoms with Gasteiger partial charge in [-0.05, 0) is 17.7 Å². The van der Waals surface area contributed by atoms with Gasteiger partial charge >= 0.3 is 5.97 Å². The second-order valence-corrected chi connectivity index (χ2v) is 6.35. The summed E-state index contributed by atoms with van der Waals surface area (Å²) in [6.07, 6.45) is 0. The van der Waals surface area contributed by atoms with Crippen LogP contribution in [0.15, 0.2) is 71.5 Å². The van der Waals surface area contributed by atoms with Crippen molar-refractivity contribution < 1.29 is 14.7 Å². The molecule has 1 amide bonds. The summed E-state index contributed by atoms with van der Waals surface area (Å²) >= 11 is 6.16. The lowest BCUT2D eigenvalue weighted by molar-refractivity contribution is -0.142. The Kier molecular flexibility index (Phi) is 5.86. The minimum absolute atomic E-state index is 0.423. The molecule has 142 valence electrons. The average molecular weight is 398 g/mol. The van der Waals surface area contributed by atoms with E-state index in [2.05, 4.69) is 10.4 Å². The van der Waals surface area contributed by atoms with Gasteiger partial charge in [-0.3, -0.25) is 9.59 Å². The van der Waals surface area contributed by atoms with Crippen LogP contribution < -0.4 is 10.9 Å². The van der Waals surface area contributed by atoms with Gasteiger partial charge in [-0.15, -0.1) is 0 Å². The van der Waals surface area contributed by atoms with Gasteiger partial charge in [0.1, 0.15) is 6.54 Å². The van der Waals surface area contributed by atoms with Crippen LogP contribution >= 0.6 is 11.6 Å². The number of nitrogens with zero attached hydrogens (tertiary/aromatic N) is 2. The molecule has 7 nitrogen and oxygen atoms in total. The molecule has 1 aromatic heterocycles. The first kappa shape index (κ1) is 19.3. The zero-order chi connectivity index (χ0) is 20.1. The predicted molar refractivity (Wildman–Crippen MR) is 104 cm³/mol. The third-order valence-electron chi connectivity index (χ3n) is 3.99. The van der Waals surface area contributed by atoms with Gasteiger partial charge < -0.3 is 10.4 Å². The van der Waals surface area contributed by atoms with Gasteiger partial charge in [-0.25, -0.2) is 9.48 Å². The first-order valence-corrected chi connectivity index (χ1v) is 8.73. The Bertz CT molecular complexity index is 1070. The number of aliphatic carboxylic acids is 1. The average Bonchev–Trinajstić information content (AvgIpc) is 2.69. The third kappa shape index (κ3) is 4.44. The summed E-state index contributed by atoms with van der Waals surface area (Å²) in [5, 5.41) is 16.5. The monoisotopic (exact) mass is 397 g/mol. The zero-order valence-corrected chi connectivity index (χ0v) is 15.3. The number of carbonyl (C=O) groups excluding carboxylic acids is 1. The molecule has 0 saturated carbocycles. The fourth-order valence-corrected chi connectivity index (χ4v) is 2.88. The molecule has 0 bridgehead atoms. The number of carboxylic acid groups (broad SMARTS) is 1. The van der Waals surface area contributed by atoms with Crippen molar-refractivity contribution >= 4 is 23.5 Å². The molecular formula is C20H16ClN3O4. The molecule has 2 N–H and O–H groups in total. The van der Waals surface area contributed by atoms with Crippen molar-refractivity contribution in [2.24, 2.45) is 0 Å².